The summed E-state index contributed by atoms with van der Waals surface area (Å²) in [6, 6.07) is 3.23. The summed E-state index contributed by atoms with van der Waals surface area (Å²) >= 11 is 0. The van der Waals surface area contributed by atoms with Crippen molar-refractivity contribution in [3.63, 3.8) is 0 Å². The van der Waals surface area contributed by atoms with E-state index in [1.165, 1.54) is 6.20 Å². The highest BCUT2D eigenvalue weighted by atomic mass is 16.4. The van der Waals surface area contributed by atoms with Crippen molar-refractivity contribution in [3.05, 3.63) is 30.1 Å². The van der Waals surface area contributed by atoms with Crippen LogP contribution < -0.4 is 0 Å². The molecule has 0 bridgehead atoms. The third-order valence-corrected chi connectivity index (χ3v) is 2.41. The van der Waals surface area contributed by atoms with E-state index in [-0.39, 0.29) is 5.78 Å². The molecule has 1 N–H and O–H groups in total. The minimum Gasteiger partial charge on any atom is -0.481 e. The number of carboxylic acid groups (broad SMARTS) is 1. The second-order valence-corrected chi connectivity index (χ2v) is 3.64. The van der Waals surface area contributed by atoms with Gasteiger partial charge >= 0.3 is 5.97 Å². The minimum atomic E-state index is -1.05. The maximum Gasteiger partial charge on any atom is 0.314 e. The van der Waals surface area contributed by atoms with Crippen molar-refractivity contribution in [2.24, 2.45) is 5.92 Å². The lowest BCUT2D eigenvalue weighted by molar-refractivity contribution is -0.140. The van der Waals surface area contributed by atoms with Gasteiger partial charge in [0.1, 0.15) is 5.92 Å². The summed E-state index contributed by atoms with van der Waals surface area (Å²) in [6.45, 7) is 1.97. The van der Waals surface area contributed by atoms with E-state index < -0.39 is 11.9 Å². The van der Waals surface area contributed by atoms with Crippen LogP contribution in [0.1, 0.15) is 36.5 Å². The fourth-order valence-corrected chi connectivity index (χ4v) is 1.48. The number of unbranched alkanes of at least 4 members (excludes halogenated alkanes) is 1. The SMILES string of the molecule is CCCCC(C(=O)O)C(=O)c1cccnc1. The zero-order valence-corrected chi connectivity index (χ0v) is 9.22. The number of ketones is 1. The molecule has 0 radical (unpaired) electrons. The Hall–Kier alpha value is -1.71. The van der Waals surface area contributed by atoms with Crippen molar-refractivity contribution in [2.45, 2.75) is 26.2 Å². The number of nitrogens with zero attached hydrogens (tertiary/aromatic N) is 1. The van der Waals surface area contributed by atoms with E-state index >= 15 is 0 Å². The van der Waals surface area contributed by atoms with Crippen LogP contribution >= 0.6 is 0 Å². The molecule has 1 unspecified atom stereocenters. The van der Waals surface area contributed by atoms with Gasteiger partial charge in [-0.1, -0.05) is 19.8 Å². The summed E-state index contributed by atoms with van der Waals surface area (Å²) in [7, 11) is 0. The summed E-state index contributed by atoms with van der Waals surface area (Å²) in [5.74, 6) is -2.35. The Morgan fingerprint density at radius 3 is 2.75 bits per heavy atom. The molecule has 0 aliphatic carbocycles. The summed E-state index contributed by atoms with van der Waals surface area (Å²) in [4.78, 5) is 26.7. The van der Waals surface area contributed by atoms with Crippen molar-refractivity contribution < 1.29 is 14.7 Å². The van der Waals surface area contributed by atoms with Gasteiger partial charge < -0.3 is 5.11 Å². The van der Waals surface area contributed by atoms with Crippen LogP contribution in [-0.4, -0.2) is 21.8 Å². The van der Waals surface area contributed by atoms with Crippen LogP contribution in [0.2, 0.25) is 0 Å². The lowest BCUT2D eigenvalue weighted by Gasteiger charge is -2.10. The van der Waals surface area contributed by atoms with Gasteiger partial charge in [-0.15, -0.1) is 0 Å². The second kappa shape index (κ2) is 6.00. The van der Waals surface area contributed by atoms with Gasteiger partial charge in [-0.2, -0.15) is 0 Å². The molecule has 86 valence electrons. The van der Waals surface area contributed by atoms with Crippen LogP contribution in [0.5, 0.6) is 0 Å². The Kier molecular flexibility index (Phi) is 4.64. The molecule has 4 nitrogen and oxygen atoms in total. The third-order valence-electron chi connectivity index (χ3n) is 2.41. The Balaban J connectivity index is 2.79. The topological polar surface area (TPSA) is 67.3 Å². The molecule has 0 aromatic carbocycles. The van der Waals surface area contributed by atoms with E-state index in [2.05, 4.69) is 4.98 Å². The molecule has 1 aromatic rings. The number of aromatic nitrogens is 1. The number of aliphatic carboxylic acids is 1. The lowest BCUT2D eigenvalue weighted by Crippen LogP contribution is -2.24. The molecule has 16 heavy (non-hydrogen) atoms. The van der Waals surface area contributed by atoms with E-state index in [4.69, 9.17) is 5.11 Å². The van der Waals surface area contributed by atoms with Crippen LogP contribution in [0.3, 0.4) is 0 Å². The molecule has 1 heterocycles. The van der Waals surface area contributed by atoms with Crippen LogP contribution in [0, 0.1) is 5.92 Å². The average Bonchev–Trinajstić information content (AvgIpc) is 2.30. The predicted molar refractivity (Wildman–Crippen MR) is 59.2 cm³/mol. The van der Waals surface area contributed by atoms with E-state index in [0.29, 0.717) is 12.0 Å². The molecule has 1 aromatic heterocycles. The van der Waals surface area contributed by atoms with Crippen LogP contribution in [0.15, 0.2) is 24.5 Å². The van der Waals surface area contributed by atoms with Gasteiger partial charge in [-0.05, 0) is 18.6 Å². The summed E-state index contributed by atoms with van der Waals surface area (Å²) in [5, 5.41) is 8.99. The van der Waals surface area contributed by atoms with E-state index in [9.17, 15) is 9.59 Å². The Morgan fingerprint density at radius 2 is 2.25 bits per heavy atom. The number of rotatable bonds is 6. The first-order valence-electron chi connectivity index (χ1n) is 5.33. The lowest BCUT2D eigenvalue weighted by atomic mass is 9.94. The largest absolute Gasteiger partial charge is 0.481 e. The van der Waals surface area contributed by atoms with Crippen molar-refractivity contribution in [2.75, 3.05) is 0 Å². The molecule has 1 rings (SSSR count). The Labute approximate surface area is 94.3 Å². The van der Waals surface area contributed by atoms with Crippen molar-refractivity contribution >= 4 is 11.8 Å². The second-order valence-electron chi connectivity index (χ2n) is 3.64. The number of hydrogen-bond donors (Lipinski definition) is 1. The Bertz CT molecular complexity index is 362. The van der Waals surface area contributed by atoms with Gasteiger partial charge in [-0.3, -0.25) is 14.6 Å². The van der Waals surface area contributed by atoms with Crippen molar-refractivity contribution in [1.29, 1.82) is 0 Å². The number of Topliss-reactive ketones (excluding diaryl/α,β-unsaturated/α-hetero) is 1. The number of carbonyl (C=O) groups excluding carboxylic acids is 1. The zero-order chi connectivity index (χ0) is 12.0. The summed E-state index contributed by atoms with van der Waals surface area (Å²) in [5.41, 5.74) is 0.367. The average molecular weight is 221 g/mol. The zero-order valence-electron chi connectivity index (χ0n) is 9.22. The van der Waals surface area contributed by atoms with Crippen LogP contribution in [0.4, 0.5) is 0 Å². The number of hydrogen-bond acceptors (Lipinski definition) is 3. The molecule has 4 heteroatoms. The van der Waals surface area contributed by atoms with Crippen molar-refractivity contribution in [1.82, 2.24) is 4.98 Å². The molecule has 0 amide bonds. The van der Waals surface area contributed by atoms with Gasteiger partial charge in [0, 0.05) is 18.0 Å². The molecule has 0 aliphatic heterocycles. The molecule has 1 atom stereocenters. The highest BCUT2D eigenvalue weighted by Gasteiger charge is 2.26. The van der Waals surface area contributed by atoms with Gasteiger partial charge in [0.2, 0.25) is 0 Å². The van der Waals surface area contributed by atoms with Gasteiger partial charge in [-0.25, -0.2) is 0 Å². The minimum absolute atomic E-state index is 0.353. The molecule has 0 saturated carbocycles. The van der Waals surface area contributed by atoms with E-state index in [1.54, 1.807) is 18.3 Å². The predicted octanol–water partition coefficient (Wildman–Crippen LogP) is 2.16. The normalized spacial score (nSPS) is 12.1. The summed E-state index contributed by atoms with van der Waals surface area (Å²) < 4.78 is 0. The van der Waals surface area contributed by atoms with Gasteiger partial charge in [0.05, 0.1) is 0 Å². The van der Waals surface area contributed by atoms with Crippen LogP contribution in [-0.2, 0) is 4.79 Å². The molecule has 0 spiro atoms. The highest BCUT2D eigenvalue weighted by molar-refractivity contribution is 6.07. The first-order valence-corrected chi connectivity index (χ1v) is 5.33. The van der Waals surface area contributed by atoms with Crippen molar-refractivity contribution in [3.8, 4) is 0 Å². The molecule has 0 aliphatic rings. The maximum atomic E-state index is 11.9. The fraction of sp³-hybridized carbons (Fsp3) is 0.417. The first-order chi connectivity index (χ1) is 7.66. The van der Waals surface area contributed by atoms with E-state index in [0.717, 1.165) is 12.8 Å². The van der Waals surface area contributed by atoms with E-state index in [1.807, 2.05) is 6.92 Å². The first kappa shape index (κ1) is 12.4. The smallest absolute Gasteiger partial charge is 0.314 e. The standard InChI is InChI=1S/C12H15NO3/c1-2-3-6-10(12(15)16)11(14)9-5-4-7-13-8-9/h4-5,7-8,10H,2-3,6H2,1H3,(H,15,16). The third kappa shape index (κ3) is 3.15. The number of pyridine rings is 1. The molecule has 0 saturated heterocycles. The monoisotopic (exact) mass is 221 g/mol. The summed E-state index contributed by atoms with van der Waals surface area (Å²) in [6.07, 6.45) is 4.97. The highest BCUT2D eigenvalue weighted by Crippen LogP contribution is 2.15. The quantitative estimate of drug-likeness (QED) is 0.590. The molecule has 0 fully saturated rings. The maximum absolute atomic E-state index is 11.9. The number of carbonyl (C=O) groups is 2. The van der Waals surface area contributed by atoms with Gasteiger partial charge in [0.15, 0.2) is 5.78 Å². The number of carboxylic acids is 1. The molecular formula is C12H15NO3. The Morgan fingerprint density at radius 1 is 1.50 bits per heavy atom. The van der Waals surface area contributed by atoms with Crippen LogP contribution in [0.25, 0.3) is 0 Å². The fourth-order valence-electron chi connectivity index (χ4n) is 1.48. The van der Waals surface area contributed by atoms with Gasteiger partial charge in [0.25, 0.3) is 0 Å². The molecular weight excluding hydrogens is 206 g/mol.